The van der Waals surface area contributed by atoms with Crippen LogP contribution in [0.4, 0.5) is 14.5 Å². The molecule has 24 heavy (non-hydrogen) atoms. The Labute approximate surface area is 138 Å². The Morgan fingerprint density at radius 2 is 1.71 bits per heavy atom. The van der Waals surface area contributed by atoms with Gasteiger partial charge in [0.25, 0.3) is 15.9 Å². The summed E-state index contributed by atoms with van der Waals surface area (Å²) in [5.74, 6) is -2.52. The van der Waals surface area contributed by atoms with Crippen molar-refractivity contribution >= 4 is 21.6 Å². The van der Waals surface area contributed by atoms with Crippen LogP contribution in [0.15, 0.2) is 47.4 Å². The predicted octanol–water partition coefficient (Wildman–Crippen LogP) is 2.91. The zero-order valence-corrected chi connectivity index (χ0v) is 13.7. The van der Waals surface area contributed by atoms with Crippen LogP contribution in [0.2, 0.25) is 0 Å². The molecular formula is C16H16F2N2O3S. The SMILES string of the molecule is CCCNC(=O)c1ccc(S(=O)(=O)Nc2ccc(F)c(F)c2)cc1. The lowest BCUT2D eigenvalue weighted by Crippen LogP contribution is -2.24. The number of hydrogen-bond acceptors (Lipinski definition) is 3. The van der Waals surface area contributed by atoms with Gasteiger partial charge in [0.05, 0.1) is 10.6 Å². The lowest BCUT2D eigenvalue weighted by Gasteiger charge is -2.09. The smallest absolute Gasteiger partial charge is 0.261 e. The Bertz CT molecular complexity index is 837. The van der Waals surface area contributed by atoms with Gasteiger partial charge in [0.15, 0.2) is 11.6 Å². The van der Waals surface area contributed by atoms with Crippen LogP contribution < -0.4 is 10.0 Å². The summed E-state index contributed by atoms with van der Waals surface area (Å²) in [7, 11) is -3.97. The van der Waals surface area contributed by atoms with Gasteiger partial charge in [-0.15, -0.1) is 0 Å². The molecule has 0 spiro atoms. The highest BCUT2D eigenvalue weighted by molar-refractivity contribution is 7.92. The van der Waals surface area contributed by atoms with Gasteiger partial charge in [-0.05, 0) is 42.8 Å². The topological polar surface area (TPSA) is 75.3 Å². The molecule has 0 aromatic heterocycles. The summed E-state index contributed by atoms with van der Waals surface area (Å²) in [6.07, 6.45) is 0.788. The largest absolute Gasteiger partial charge is 0.352 e. The van der Waals surface area contributed by atoms with E-state index >= 15 is 0 Å². The van der Waals surface area contributed by atoms with Gasteiger partial charge in [0.2, 0.25) is 0 Å². The standard InChI is InChI=1S/C16H16F2N2O3S/c1-2-9-19-16(21)11-3-6-13(7-4-11)24(22,23)20-12-5-8-14(17)15(18)10-12/h3-8,10,20H,2,9H2,1H3,(H,19,21). The molecule has 0 bridgehead atoms. The number of carbonyl (C=O) groups is 1. The van der Waals surface area contributed by atoms with Crippen LogP contribution in [-0.2, 0) is 10.0 Å². The molecule has 0 aliphatic heterocycles. The summed E-state index contributed by atoms with van der Waals surface area (Å²) in [6, 6.07) is 7.98. The van der Waals surface area contributed by atoms with Crippen molar-refractivity contribution in [3.05, 3.63) is 59.7 Å². The molecule has 128 valence electrons. The minimum atomic E-state index is -3.97. The zero-order chi connectivity index (χ0) is 17.7. The summed E-state index contributed by atoms with van der Waals surface area (Å²) in [5.41, 5.74) is 0.230. The van der Waals surface area contributed by atoms with Gasteiger partial charge in [-0.1, -0.05) is 6.92 Å². The molecule has 2 rings (SSSR count). The number of halogens is 2. The van der Waals surface area contributed by atoms with Gasteiger partial charge in [-0.3, -0.25) is 9.52 Å². The highest BCUT2D eigenvalue weighted by atomic mass is 32.2. The normalized spacial score (nSPS) is 11.1. The van der Waals surface area contributed by atoms with Crippen LogP contribution in [0, 0.1) is 11.6 Å². The third-order valence-corrected chi connectivity index (χ3v) is 4.53. The molecule has 0 radical (unpaired) electrons. The number of rotatable bonds is 6. The summed E-state index contributed by atoms with van der Waals surface area (Å²) < 4.78 is 52.6. The van der Waals surface area contributed by atoms with Crippen LogP contribution in [0.3, 0.4) is 0 Å². The molecule has 0 heterocycles. The van der Waals surface area contributed by atoms with Gasteiger partial charge in [-0.2, -0.15) is 0 Å². The fourth-order valence-corrected chi connectivity index (χ4v) is 2.95. The number of benzene rings is 2. The van der Waals surface area contributed by atoms with Gasteiger partial charge in [-0.25, -0.2) is 17.2 Å². The van der Waals surface area contributed by atoms with Crippen LogP contribution in [0.25, 0.3) is 0 Å². The van der Waals surface area contributed by atoms with E-state index < -0.39 is 21.7 Å². The van der Waals surface area contributed by atoms with Gasteiger partial charge in [0.1, 0.15) is 0 Å². The highest BCUT2D eigenvalue weighted by Crippen LogP contribution is 2.18. The van der Waals surface area contributed by atoms with E-state index in [1.807, 2.05) is 6.92 Å². The van der Waals surface area contributed by atoms with E-state index in [1.54, 1.807) is 0 Å². The molecule has 1 amide bonds. The molecule has 5 nitrogen and oxygen atoms in total. The molecule has 0 atom stereocenters. The average Bonchev–Trinajstić information content (AvgIpc) is 2.56. The van der Waals surface area contributed by atoms with Crippen LogP contribution in [0.5, 0.6) is 0 Å². The number of nitrogens with one attached hydrogen (secondary N) is 2. The van der Waals surface area contributed by atoms with Crippen LogP contribution in [-0.4, -0.2) is 20.9 Å². The van der Waals surface area contributed by atoms with E-state index in [0.29, 0.717) is 12.1 Å². The Morgan fingerprint density at radius 3 is 2.29 bits per heavy atom. The molecule has 2 aromatic rings. The van der Waals surface area contributed by atoms with E-state index in [-0.39, 0.29) is 16.5 Å². The fourth-order valence-electron chi connectivity index (χ4n) is 1.90. The van der Waals surface area contributed by atoms with Crippen molar-refractivity contribution in [1.29, 1.82) is 0 Å². The second-order valence-electron chi connectivity index (χ2n) is 5.01. The minimum Gasteiger partial charge on any atom is -0.352 e. The first kappa shape index (κ1) is 17.9. The molecule has 0 aliphatic carbocycles. The first-order valence-corrected chi connectivity index (χ1v) is 8.68. The zero-order valence-electron chi connectivity index (χ0n) is 12.8. The van der Waals surface area contributed by atoms with Crippen molar-refractivity contribution in [3.63, 3.8) is 0 Å². The maximum absolute atomic E-state index is 13.1. The van der Waals surface area contributed by atoms with Gasteiger partial charge >= 0.3 is 0 Å². The Morgan fingerprint density at radius 1 is 1.04 bits per heavy atom. The number of amides is 1. The van der Waals surface area contributed by atoms with Gasteiger partial charge < -0.3 is 5.32 Å². The molecule has 0 unspecified atom stereocenters. The van der Waals surface area contributed by atoms with Crippen molar-refractivity contribution in [2.24, 2.45) is 0 Å². The molecule has 2 aromatic carbocycles. The fraction of sp³-hybridized carbons (Fsp3) is 0.188. The van der Waals surface area contributed by atoms with Crippen molar-refractivity contribution in [2.45, 2.75) is 18.2 Å². The molecule has 0 saturated heterocycles. The molecule has 2 N–H and O–H groups in total. The van der Waals surface area contributed by atoms with Crippen LogP contribution >= 0.6 is 0 Å². The van der Waals surface area contributed by atoms with E-state index in [0.717, 1.165) is 24.6 Å². The second kappa shape index (κ2) is 7.39. The first-order chi connectivity index (χ1) is 11.3. The highest BCUT2D eigenvalue weighted by Gasteiger charge is 2.16. The molecular weight excluding hydrogens is 338 g/mol. The van der Waals surface area contributed by atoms with Gasteiger partial charge in [0, 0.05) is 18.2 Å². The van der Waals surface area contributed by atoms with Crippen molar-refractivity contribution in [3.8, 4) is 0 Å². The Kier molecular flexibility index (Phi) is 5.50. The third kappa shape index (κ3) is 4.29. The molecule has 0 aliphatic rings. The minimum absolute atomic E-state index is 0.0979. The lowest BCUT2D eigenvalue weighted by molar-refractivity contribution is 0.0953. The van der Waals surface area contributed by atoms with Crippen molar-refractivity contribution in [2.75, 3.05) is 11.3 Å². The van der Waals surface area contributed by atoms with E-state index in [1.165, 1.54) is 24.3 Å². The predicted molar refractivity (Wildman–Crippen MR) is 86.2 cm³/mol. The van der Waals surface area contributed by atoms with Crippen molar-refractivity contribution in [1.82, 2.24) is 5.32 Å². The van der Waals surface area contributed by atoms with E-state index in [4.69, 9.17) is 0 Å². The number of anilines is 1. The lowest BCUT2D eigenvalue weighted by atomic mass is 10.2. The summed E-state index contributed by atoms with van der Waals surface area (Å²) in [4.78, 5) is 11.7. The first-order valence-electron chi connectivity index (χ1n) is 7.19. The van der Waals surface area contributed by atoms with E-state index in [9.17, 15) is 22.0 Å². The number of sulfonamides is 1. The summed E-state index contributed by atoms with van der Waals surface area (Å²) in [6.45, 7) is 2.44. The maximum Gasteiger partial charge on any atom is 0.261 e. The summed E-state index contributed by atoms with van der Waals surface area (Å²) in [5, 5.41) is 2.68. The molecule has 0 fully saturated rings. The van der Waals surface area contributed by atoms with Crippen molar-refractivity contribution < 1.29 is 22.0 Å². The molecule has 8 heteroatoms. The van der Waals surface area contributed by atoms with Crippen LogP contribution in [0.1, 0.15) is 23.7 Å². The Balaban J connectivity index is 2.17. The maximum atomic E-state index is 13.1. The quantitative estimate of drug-likeness (QED) is 0.838. The number of carbonyl (C=O) groups excluding carboxylic acids is 1. The average molecular weight is 354 g/mol. The monoisotopic (exact) mass is 354 g/mol. The number of hydrogen-bond donors (Lipinski definition) is 2. The summed E-state index contributed by atoms with van der Waals surface area (Å²) >= 11 is 0. The molecule has 0 saturated carbocycles. The third-order valence-electron chi connectivity index (χ3n) is 3.13. The van der Waals surface area contributed by atoms with E-state index in [2.05, 4.69) is 10.0 Å². The second-order valence-corrected chi connectivity index (χ2v) is 6.70. The Hall–Kier alpha value is -2.48.